The predicted octanol–water partition coefficient (Wildman–Crippen LogP) is 20.0. The molecule has 0 saturated carbocycles. The van der Waals surface area contributed by atoms with Crippen LogP contribution in [0.5, 0.6) is 0 Å². The van der Waals surface area contributed by atoms with Gasteiger partial charge in [-0.25, -0.2) is 4.57 Å². The van der Waals surface area contributed by atoms with Gasteiger partial charge in [0.1, 0.15) is 19.3 Å². The van der Waals surface area contributed by atoms with E-state index in [1.165, 1.54) is 154 Å². The maximum atomic E-state index is 13.6. The molecule has 0 aromatic rings. The third-order valence-electron chi connectivity index (χ3n) is 14.1. The first kappa shape index (κ1) is 74.5. The van der Waals surface area contributed by atoms with Gasteiger partial charge in [0.05, 0.1) is 33.8 Å². The second-order valence-corrected chi connectivity index (χ2v) is 24.4. The average Bonchev–Trinajstić information content (AvgIpc) is 3.39. The third kappa shape index (κ3) is 57.9. The predicted molar refractivity (Wildman–Crippen MR) is 332 cm³/mol. The Bertz CT molecular complexity index is 1550. The van der Waals surface area contributed by atoms with Gasteiger partial charge in [-0.15, -0.1) is 0 Å². The number of phosphoric acid groups is 1. The Morgan fingerprint density at radius 3 is 1.23 bits per heavy atom. The number of quaternary nitrogens is 1. The maximum Gasteiger partial charge on any atom is 0.472 e. The first-order chi connectivity index (χ1) is 37.4. The van der Waals surface area contributed by atoms with Crippen LogP contribution in [-0.4, -0.2) is 74.3 Å². The molecule has 0 saturated heterocycles. The Hall–Kier alpha value is -2.55. The fourth-order valence-electron chi connectivity index (χ4n) is 9.10. The lowest BCUT2D eigenvalue weighted by Gasteiger charge is -2.27. The largest absolute Gasteiger partial charge is 0.472 e. The van der Waals surface area contributed by atoms with Crippen LogP contribution in [0.15, 0.2) is 72.9 Å². The van der Waals surface area contributed by atoms with Crippen LogP contribution in [0.2, 0.25) is 0 Å². The number of allylic oxidation sites excluding steroid dienone is 11. The van der Waals surface area contributed by atoms with Crippen molar-refractivity contribution in [3.8, 4) is 0 Å². The van der Waals surface area contributed by atoms with Crippen molar-refractivity contribution in [2.45, 2.75) is 303 Å². The molecule has 0 aromatic carbocycles. The van der Waals surface area contributed by atoms with Crippen LogP contribution in [0.4, 0.5) is 0 Å². The first-order valence-electron chi connectivity index (χ1n) is 32.3. The minimum absolute atomic E-state index is 0.0353. The molecule has 0 aromatic heterocycles. The highest BCUT2D eigenvalue weighted by Gasteiger charge is 2.30. The van der Waals surface area contributed by atoms with Crippen molar-refractivity contribution < 1.29 is 37.3 Å². The number of nitrogens with zero attached hydrogens (tertiary/aromatic N) is 1. The van der Waals surface area contributed by atoms with Crippen LogP contribution in [-0.2, 0) is 27.9 Å². The van der Waals surface area contributed by atoms with Gasteiger partial charge in [-0.05, 0) is 102 Å². The Morgan fingerprint density at radius 2 is 0.792 bits per heavy atom. The zero-order chi connectivity index (χ0) is 56.4. The Labute approximate surface area is 476 Å². The zero-order valence-electron chi connectivity index (χ0n) is 51.2. The van der Waals surface area contributed by atoms with Crippen molar-refractivity contribution in [1.82, 2.24) is 5.32 Å². The molecule has 77 heavy (non-hydrogen) atoms. The van der Waals surface area contributed by atoms with E-state index in [-0.39, 0.29) is 31.5 Å². The van der Waals surface area contributed by atoms with Crippen molar-refractivity contribution in [1.29, 1.82) is 0 Å². The molecule has 0 aliphatic rings. The smallest absolute Gasteiger partial charge is 0.456 e. The number of hydrogen-bond donors (Lipinski definition) is 2. The molecule has 0 heterocycles. The number of rotatable bonds is 58. The molecule has 2 N–H and O–H groups in total. The number of amides is 1. The topological polar surface area (TPSA) is 111 Å². The quantitative estimate of drug-likeness (QED) is 0.0205. The van der Waals surface area contributed by atoms with E-state index >= 15 is 0 Å². The minimum atomic E-state index is -4.46. The van der Waals surface area contributed by atoms with E-state index in [1.54, 1.807) is 0 Å². The first-order valence-corrected chi connectivity index (χ1v) is 33.8. The highest BCUT2D eigenvalue weighted by molar-refractivity contribution is 7.47. The number of carbonyl (C=O) groups excluding carboxylic acids is 2. The molecule has 0 bridgehead atoms. The number of esters is 1. The molecule has 0 fully saturated rings. The van der Waals surface area contributed by atoms with Gasteiger partial charge in [0, 0.05) is 12.8 Å². The zero-order valence-corrected chi connectivity index (χ0v) is 52.1. The third-order valence-corrected chi connectivity index (χ3v) is 15.1. The molecule has 3 atom stereocenters. The van der Waals surface area contributed by atoms with E-state index in [2.05, 4.69) is 86.8 Å². The molecule has 10 heteroatoms. The van der Waals surface area contributed by atoms with Crippen molar-refractivity contribution in [3.63, 3.8) is 0 Å². The number of hydrogen-bond acceptors (Lipinski definition) is 6. The summed E-state index contributed by atoms with van der Waals surface area (Å²) in [7, 11) is 1.48. The maximum absolute atomic E-state index is 13.6. The van der Waals surface area contributed by atoms with Crippen LogP contribution in [0.25, 0.3) is 0 Å². The Balaban J connectivity index is 5.24. The van der Waals surface area contributed by atoms with E-state index in [4.69, 9.17) is 13.8 Å². The summed E-state index contributed by atoms with van der Waals surface area (Å²) < 4.78 is 30.7. The molecule has 0 radical (unpaired) electrons. The summed E-state index contributed by atoms with van der Waals surface area (Å²) in [5, 5.41) is 3.06. The average molecular weight is 1100 g/mol. The van der Waals surface area contributed by atoms with Gasteiger partial charge in [-0.3, -0.25) is 18.6 Å². The van der Waals surface area contributed by atoms with Crippen molar-refractivity contribution >= 4 is 19.7 Å². The van der Waals surface area contributed by atoms with Gasteiger partial charge in [-0.2, -0.15) is 0 Å². The van der Waals surface area contributed by atoms with E-state index in [0.29, 0.717) is 17.4 Å². The fourth-order valence-corrected chi connectivity index (χ4v) is 9.83. The second kappa shape index (κ2) is 56.7. The van der Waals surface area contributed by atoms with Crippen molar-refractivity contribution in [2.24, 2.45) is 0 Å². The van der Waals surface area contributed by atoms with E-state index < -0.39 is 20.0 Å². The minimum Gasteiger partial charge on any atom is -0.456 e. The molecule has 9 nitrogen and oxygen atoms in total. The van der Waals surface area contributed by atoms with E-state index in [1.807, 2.05) is 33.3 Å². The molecular formula is C67H124N2O7P+. The summed E-state index contributed by atoms with van der Waals surface area (Å²) in [4.78, 5) is 37.8. The summed E-state index contributed by atoms with van der Waals surface area (Å²) in [6.45, 7) is 6.98. The van der Waals surface area contributed by atoms with Crippen molar-refractivity contribution in [2.75, 3.05) is 40.9 Å². The summed E-state index contributed by atoms with van der Waals surface area (Å²) in [6, 6.07) is -0.858. The van der Waals surface area contributed by atoms with Gasteiger partial charge in [0.25, 0.3) is 0 Å². The van der Waals surface area contributed by atoms with Crippen LogP contribution in [0, 0.1) is 0 Å². The van der Waals surface area contributed by atoms with Crippen LogP contribution >= 0.6 is 7.82 Å². The Kier molecular flexibility index (Phi) is 54.8. The standard InChI is InChI=1S/C67H123N2O7P/c1-7-10-13-16-19-22-25-28-30-31-32-33-34-35-36-37-39-41-44-47-50-53-56-59-66(70)68-64(63-75-77(72,73)74-62-61-69(4,5)6)65(58-55-52-49-46-43-40-27-24-21-18-15-12-9-3)76-67(71)60-57-54-51-48-45-42-38-29-26-23-20-17-14-11-8-2/h19,22-23,26,28,30,32-33,35-36,55,58,64-65H,7-18,20-21,24-25,27,29,31,34,37-54,56-57,59-63H2,1-6H3,(H-,68,70,72,73)/p+1/b22-19-,26-23-,30-28-,33-32-,36-35-,58-55-. The molecule has 0 aliphatic carbocycles. The highest BCUT2D eigenvalue weighted by atomic mass is 31.2. The lowest BCUT2D eigenvalue weighted by Crippen LogP contribution is -2.47. The fraction of sp³-hybridized carbons (Fsp3) is 0.791. The SMILES string of the molecule is CCCCC/C=C\C/C=C\C/C=C\C/C=C\CCCCCCCCCC(=O)NC(COP(=O)(O)OCC[N+](C)(C)C)C(/C=C\CCCCCCCCCCCCC)OC(=O)CCCCCCCCC/C=C\CCCCCC. The van der Waals surface area contributed by atoms with Crippen LogP contribution < -0.4 is 5.32 Å². The second-order valence-electron chi connectivity index (χ2n) is 22.9. The lowest BCUT2D eigenvalue weighted by atomic mass is 10.0. The number of phosphoric ester groups is 1. The van der Waals surface area contributed by atoms with Gasteiger partial charge < -0.3 is 19.4 Å². The van der Waals surface area contributed by atoms with Gasteiger partial charge in [-0.1, -0.05) is 248 Å². The van der Waals surface area contributed by atoms with Crippen LogP contribution in [0.3, 0.4) is 0 Å². The van der Waals surface area contributed by atoms with Gasteiger partial charge in [0.15, 0.2) is 0 Å². The molecule has 0 rings (SSSR count). The molecule has 0 aliphatic heterocycles. The molecule has 1 amide bonds. The number of carbonyl (C=O) groups is 2. The van der Waals surface area contributed by atoms with E-state index in [0.717, 1.165) is 103 Å². The van der Waals surface area contributed by atoms with Gasteiger partial charge in [0.2, 0.25) is 5.91 Å². The summed E-state index contributed by atoms with van der Waals surface area (Å²) in [6.07, 6.45) is 73.2. The molecule has 448 valence electrons. The normalized spacial score (nSPS) is 14.1. The summed E-state index contributed by atoms with van der Waals surface area (Å²) in [5.74, 6) is -0.518. The summed E-state index contributed by atoms with van der Waals surface area (Å²) >= 11 is 0. The molecule has 0 spiro atoms. The number of ether oxygens (including phenoxy) is 1. The Morgan fingerprint density at radius 1 is 0.455 bits per heavy atom. The molecule has 3 unspecified atom stereocenters. The summed E-state index contributed by atoms with van der Waals surface area (Å²) in [5.41, 5.74) is 0. The number of nitrogens with one attached hydrogen (secondary N) is 1. The number of unbranched alkanes of at least 4 members (excludes halogenated alkanes) is 32. The van der Waals surface area contributed by atoms with Crippen molar-refractivity contribution in [3.05, 3.63) is 72.9 Å². The number of likely N-dealkylation sites (N-methyl/N-ethyl adjacent to an activating group) is 1. The lowest BCUT2D eigenvalue weighted by molar-refractivity contribution is -0.870. The van der Waals surface area contributed by atoms with Crippen LogP contribution in [0.1, 0.15) is 290 Å². The molecular weight excluding hydrogens is 976 g/mol. The van der Waals surface area contributed by atoms with Gasteiger partial charge >= 0.3 is 13.8 Å². The van der Waals surface area contributed by atoms with E-state index in [9.17, 15) is 19.0 Å². The monoisotopic (exact) mass is 1100 g/mol. The highest BCUT2D eigenvalue weighted by Crippen LogP contribution is 2.43.